The number of rotatable bonds is 5. The van der Waals surface area contributed by atoms with Crippen LogP contribution in [0.15, 0.2) is 18.3 Å². The highest BCUT2D eigenvalue weighted by Gasteiger charge is 2.27. The Morgan fingerprint density at radius 3 is 2.92 bits per heavy atom. The molecule has 2 fully saturated rings. The van der Waals surface area contributed by atoms with Crippen LogP contribution in [0.2, 0.25) is 0 Å². The van der Waals surface area contributed by atoms with E-state index >= 15 is 0 Å². The second-order valence-corrected chi connectivity index (χ2v) is 6.76. The molecule has 140 valence electrons. The molecule has 3 rings (SSSR count). The molecule has 3 heterocycles. The first-order valence-corrected chi connectivity index (χ1v) is 9.31. The van der Waals surface area contributed by atoms with Crippen molar-refractivity contribution in [2.45, 2.75) is 38.4 Å². The van der Waals surface area contributed by atoms with Crippen molar-refractivity contribution in [1.29, 1.82) is 5.26 Å². The van der Waals surface area contributed by atoms with Crippen molar-refractivity contribution < 1.29 is 14.3 Å². The van der Waals surface area contributed by atoms with E-state index in [0.29, 0.717) is 44.2 Å². The molecule has 0 bridgehead atoms. The van der Waals surface area contributed by atoms with Crippen molar-refractivity contribution in [3.05, 3.63) is 23.9 Å². The maximum Gasteiger partial charge on any atom is 0.251 e. The van der Waals surface area contributed by atoms with Gasteiger partial charge in [0.25, 0.3) is 5.91 Å². The summed E-state index contributed by atoms with van der Waals surface area (Å²) in [5.41, 5.74) is 0.566. The van der Waals surface area contributed by atoms with Gasteiger partial charge in [0.1, 0.15) is 18.0 Å². The molecule has 0 aliphatic carbocycles. The number of carbonyl (C=O) groups is 1. The molecule has 0 saturated carbocycles. The maximum atomic E-state index is 12.6. The lowest BCUT2D eigenvalue weighted by atomic mass is 10.1. The lowest BCUT2D eigenvalue weighted by Gasteiger charge is -2.36. The summed E-state index contributed by atoms with van der Waals surface area (Å²) in [6.07, 6.45) is 4.62. The highest BCUT2D eigenvalue weighted by atomic mass is 16.5. The third-order valence-electron chi connectivity index (χ3n) is 4.95. The van der Waals surface area contributed by atoms with Crippen molar-refractivity contribution >= 4 is 11.7 Å². The van der Waals surface area contributed by atoms with E-state index in [2.05, 4.69) is 16.0 Å². The number of nitrogens with zero attached hydrogens (tertiary/aromatic N) is 4. The van der Waals surface area contributed by atoms with Crippen LogP contribution < -0.4 is 4.90 Å². The first kappa shape index (κ1) is 18.6. The number of anilines is 1. The standard InChI is InChI=1S/C19H26N4O3/c1-15(26-14-17-6-2-3-12-25-17)19(24)23-10-8-22(9-11-23)18-16(13-20)5-4-7-21-18/h4-5,7,15,17H,2-3,6,8-12,14H2,1H3. The van der Waals surface area contributed by atoms with Gasteiger partial charge in [0.2, 0.25) is 0 Å². The molecule has 1 aromatic heterocycles. The predicted octanol–water partition coefficient (Wildman–Crippen LogP) is 1.58. The largest absolute Gasteiger partial charge is 0.376 e. The minimum absolute atomic E-state index is 0.0157. The molecular weight excluding hydrogens is 332 g/mol. The second kappa shape index (κ2) is 8.97. The fourth-order valence-electron chi connectivity index (χ4n) is 3.39. The topological polar surface area (TPSA) is 78.7 Å². The summed E-state index contributed by atoms with van der Waals surface area (Å²) < 4.78 is 11.4. The zero-order valence-corrected chi connectivity index (χ0v) is 15.3. The summed E-state index contributed by atoms with van der Waals surface area (Å²) in [5, 5.41) is 9.22. The minimum Gasteiger partial charge on any atom is -0.376 e. The Morgan fingerprint density at radius 2 is 2.23 bits per heavy atom. The molecule has 2 saturated heterocycles. The van der Waals surface area contributed by atoms with E-state index in [0.717, 1.165) is 25.9 Å². The van der Waals surface area contributed by atoms with Crippen molar-refractivity contribution in [2.75, 3.05) is 44.3 Å². The Morgan fingerprint density at radius 1 is 1.42 bits per heavy atom. The molecule has 7 heteroatoms. The van der Waals surface area contributed by atoms with E-state index < -0.39 is 6.10 Å². The van der Waals surface area contributed by atoms with Crippen molar-refractivity contribution in [2.24, 2.45) is 0 Å². The number of aromatic nitrogens is 1. The van der Waals surface area contributed by atoms with Crippen LogP contribution in [-0.4, -0.2) is 67.4 Å². The molecule has 26 heavy (non-hydrogen) atoms. The van der Waals surface area contributed by atoms with Crippen LogP contribution in [-0.2, 0) is 14.3 Å². The third-order valence-corrected chi connectivity index (χ3v) is 4.95. The normalized spacial score (nSPS) is 21.9. The number of ether oxygens (including phenoxy) is 2. The fraction of sp³-hybridized carbons (Fsp3) is 0.632. The predicted molar refractivity (Wildman–Crippen MR) is 96.8 cm³/mol. The van der Waals surface area contributed by atoms with Gasteiger partial charge >= 0.3 is 0 Å². The van der Waals surface area contributed by atoms with Gasteiger partial charge in [-0.2, -0.15) is 5.26 Å². The Labute approximate surface area is 154 Å². The van der Waals surface area contributed by atoms with Crippen LogP contribution in [0.3, 0.4) is 0 Å². The monoisotopic (exact) mass is 358 g/mol. The first-order chi connectivity index (χ1) is 12.7. The highest BCUT2D eigenvalue weighted by Crippen LogP contribution is 2.19. The lowest BCUT2D eigenvalue weighted by molar-refractivity contribution is -0.146. The summed E-state index contributed by atoms with van der Waals surface area (Å²) >= 11 is 0. The van der Waals surface area contributed by atoms with Gasteiger partial charge in [-0.1, -0.05) is 0 Å². The summed E-state index contributed by atoms with van der Waals surface area (Å²) in [7, 11) is 0. The van der Waals surface area contributed by atoms with E-state index in [-0.39, 0.29) is 12.0 Å². The van der Waals surface area contributed by atoms with Gasteiger partial charge in [-0.05, 0) is 38.3 Å². The van der Waals surface area contributed by atoms with Gasteiger partial charge < -0.3 is 19.3 Å². The summed E-state index contributed by atoms with van der Waals surface area (Å²) in [6, 6.07) is 5.70. The molecule has 1 aromatic rings. The Kier molecular flexibility index (Phi) is 6.42. The molecule has 0 radical (unpaired) electrons. The zero-order valence-electron chi connectivity index (χ0n) is 15.3. The van der Waals surface area contributed by atoms with E-state index in [1.165, 1.54) is 0 Å². The summed E-state index contributed by atoms with van der Waals surface area (Å²) in [4.78, 5) is 20.8. The number of carbonyl (C=O) groups excluding carboxylic acids is 1. The molecule has 0 spiro atoms. The number of pyridine rings is 1. The molecule has 2 aliphatic heterocycles. The average molecular weight is 358 g/mol. The van der Waals surface area contributed by atoms with Gasteiger partial charge in [-0.15, -0.1) is 0 Å². The summed E-state index contributed by atoms with van der Waals surface area (Å²) in [6.45, 7) is 5.61. The average Bonchev–Trinajstić information content (AvgIpc) is 2.72. The fourth-order valence-corrected chi connectivity index (χ4v) is 3.39. The van der Waals surface area contributed by atoms with Crippen LogP contribution in [0.5, 0.6) is 0 Å². The van der Waals surface area contributed by atoms with E-state index in [4.69, 9.17) is 9.47 Å². The second-order valence-electron chi connectivity index (χ2n) is 6.76. The zero-order chi connectivity index (χ0) is 18.4. The molecule has 2 aliphatic rings. The van der Waals surface area contributed by atoms with Crippen LogP contribution in [0, 0.1) is 11.3 Å². The van der Waals surface area contributed by atoms with E-state index in [1.54, 1.807) is 18.3 Å². The molecule has 0 N–H and O–H groups in total. The molecule has 1 amide bonds. The highest BCUT2D eigenvalue weighted by molar-refractivity contribution is 5.80. The van der Waals surface area contributed by atoms with Crippen LogP contribution in [0.4, 0.5) is 5.82 Å². The van der Waals surface area contributed by atoms with Gasteiger partial charge in [0, 0.05) is 39.0 Å². The van der Waals surface area contributed by atoms with Gasteiger partial charge in [-0.3, -0.25) is 4.79 Å². The molecule has 2 unspecified atom stereocenters. The Balaban J connectivity index is 1.47. The van der Waals surface area contributed by atoms with E-state index in [9.17, 15) is 10.1 Å². The van der Waals surface area contributed by atoms with Crippen molar-refractivity contribution in [3.63, 3.8) is 0 Å². The first-order valence-electron chi connectivity index (χ1n) is 9.31. The van der Waals surface area contributed by atoms with Crippen LogP contribution >= 0.6 is 0 Å². The molecular formula is C19H26N4O3. The molecule has 0 aromatic carbocycles. The number of amides is 1. The van der Waals surface area contributed by atoms with E-state index in [1.807, 2.05) is 11.8 Å². The number of nitriles is 1. The van der Waals surface area contributed by atoms with Crippen molar-refractivity contribution in [1.82, 2.24) is 9.88 Å². The smallest absolute Gasteiger partial charge is 0.251 e. The Hall–Kier alpha value is -2.17. The van der Waals surface area contributed by atoms with Crippen molar-refractivity contribution in [3.8, 4) is 6.07 Å². The van der Waals surface area contributed by atoms with Gasteiger partial charge in [-0.25, -0.2) is 4.98 Å². The minimum atomic E-state index is -0.461. The van der Waals surface area contributed by atoms with Gasteiger partial charge in [0.05, 0.1) is 18.3 Å². The van der Waals surface area contributed by atoms with Gasteiger partial charge in [0.15, 0.2) is 0 Å². The Bertz CT molecular complexity index is 646. The lowest BCUT2D eigenvalue weighted by Crippen LogP contribution is -2.52. The number of piperazine rings is 1. The summed E-state index contributed by atoms with van der Waals surface area (Å²) in [5.74, 6) is 0.711. The van der Waals surface area contributed by atoms with Crippen LogP contribution in [0.1, 0.15) is 31.7 Å². The third kappa shape index (κ3) is 4.51. The quantitative estimate of drug-likeness (QED) is 0.795. The SMILES string of the molecule is CC(OCC1CCCCO1)C(=O)N1CCN(c2ncccc2C#N)CC1. The molecule has 2 atom stereocenters. The number of hydrogen-bond donors (Lipinski definition) is 0. The number of hydrogen-bond acceptors (Lipinski definition) is 6. The molecule has 7 nitrogen and oxygen atoms in total. The maximum absolute atomic E-state index is 12.6. The van der Waals surface area contributed by atoms with Crippen LogP contribution in [0.25, 0.3) is 0 Å².